The summed E-state index contributed by atoms with van der Waals surface area (Å²) in [7, 11) is 1.73. The van der Waals surface area contributed by atoms with E-state index in [0.717, 1.165) is 25.5 Å². The topological polar surface area (TPSA) is 65.1 Å². The van der Waals surface area contributed by atoms with Gasteiger partial charge in [-0.15, -0.1) is 0 Å². The van der Waals surface area contributed by atoms with Gasteiger partial charge in [0.2, 0.25) is 5.95 Å². The second-order valence-electron chi connectivity index (χ2n) is 8.23. The first-order chi connectivity index (χ1) is 12.5. The maximum atomic E-state index is 13.1. The van der Waals surface area contributed by atoms with E-state index in [1.807, 2.05) is 13.8 Å². The minimum Gasteiger partial charge on any atom is -0.339 e. The van der Waals surface area contributed by atoms with Crippen molar-refractivity contribution in [1.82, 2.24) is 18.7 Å². The van der Waals surface area contributed by atoms with Gasteiger partial charge in [-0.2, -0.15) is 4.98 Å². The smallest absolute Gasteiger partial charge is 0.332 e. The van der Waals surface area contributed by atoms with Crippen molar-refractivity contribution in [3.05, 3.63) is 20.8 Å². The maximum absolute atomic E-state index is 13.1. The Morgan fingerprint density at radius 2 is 1.81 bits per heavy atom. The molecule has 142 valence electrons. The number of nitrogens with zero attached hydrogens (tertiary/aromatic N) is 5. The van der Waals surface area contributed by atoms with Crippen molar-refractivity contribution in [2.75, 3.05) is 11.4 Å². The summed E-state index contributed by atoms with van der Waals surface area (Å²) in [5.41, 5.74) is 0.651. The van der Waals surface area contributed by atoms with Crippen LogP contribution in [-0.2, 0) is 20.1 Å². The van der Waals surface area contributed by atoms with Crippen LogP contribution in [0.1, 0.15) is 52.4 Å². The molecule has 7 heteroatoms. The first kappa shape index (κ1) is 17.4. The molecule has 0 amide bonds. The quantitative estimate of drug-likeness (QED) is 0.842. The van der Waals surface area contributed by atoms with Crippen LogP contribution in [-0.4, -0.2) is 31.3 Å². The molecule has 26 heavy (non-hydrogen) atoms. The summed E-state index contributed by atoms with van der Waals surface area (Å²) in [6, 6.07) is 0.509. The second kappa shape index (κ2) is 6.59. The molecule has 1 aliphatic heterocycles. The molecule has 0 spiro atoms. The lowest BCUT2D eigenvalue weighted by Crippen LogP contribution is -2.43. The number of hydrogen-bond acceptors (Lipinski definition) is 4. The van der Waals surface area contributed by atoms with E-state index in [0.29, 0.717) is 23.8 Å². The van der Waals surface area contributed by atoms with Gasteiger partial charge in [0.15, 0.2) is 11.2 Å². The highest BCUT2D eigenvalue weighted by molar-refractivity contribution is 5.75. The van der Waals surface area contributed by atoms with E-state index >= 15 is 0 Å². The number of hydrogen-bond donors (Lipinski definition) is 0. The van der Waals surface area contributed by atoms with E-state index in [4.69, 9.17) is 4.98 Å². The van der Waals surface area contributed by atoms with Crippen molar-refractivity contribution in [2.24, 2.45) is 13.0 Å². The lowest BCUT2D eigenvalue weighted by atomic mass is 9.94. The third-order valence-electron chi connectivity index (χ3n) is 5.81. The third kappa shape index (κ3) is 2.68. The summed E-state index contributed by atoms with van der Waals surface area (Å²) in [5, 5.41) is 0. The summed E-state index contributed by atoms with van der Waals surface area (Å²) in [5.74, 6) is 1.12. The highest BCUT2D eigenvalue weighted by Gasteiger charge is 2.30. The molecule has 2 aliphatic rings. The Labute approximate surface area is 153 Å². The van der Waals surface area contributed by atoms with Gasteiger partial charge in [-0.25, -0.2) is 4.79 Å². The Morgan fingerprint density at radius 3 is 2.50 bits per heavy atom. The van der Waals surface area contributed by atoms with E-state index in [1.165, 1.54) is 36.7 Å². The molecular formula is C19H29N5O2. The Balaban J connectivity index is 1.90. The molecule has 0 aromatic carbocycles. The number of fused-ring (bicyclic) bond motifs is 3. The fourth-order valence-corrected chi connectivity index (χ4v) is 4.56. The average Bonchev–Trinajstić information content (AvgIpc) is 3.04. The van der Waals surface area contributed by atoms with E-state index in [1.54, 1.807) is 11.6 Å². The molecule has 0 radical (unpaired) electrons. The molecule has 0 atom stereocenters. The van der Waals surface area contributed by atoms with Crippen LogP contribution in [0.25, 0.3) is 11.2 Å². The van der Waals surface area contributed by atoms with Gasteiger partial charge in [-0.1, -0.05) is 33.1 Å². The Bertz CT molecular complexity index is 930. The molecule has 0 unspecified atom stereocenters. The lowest BCUT2D eigenvalue weighted by Gasteiger charge is -2.37. The van der Waals surface area contributed by atoms with Crippen molar-refractivity contribution in [2.45, 2.75) is 71.5 Å². The standard InChI is InChI=1S/C19H29N5O2/c1-13(2)12-24-17(25)15-16(21(3)19(24)26)20-18-22(10-7-11-23(15)18)14-8-5-4-6-9-14/h13-14H,4-12H2,1-3H3. The van der Waals surface area contributed by atoms with Crippen molar-refractivity contribution in [3.8, 4) is 0 Å². The van der Waals surface area contributed by atoms with Crippen molar-refractivity contribution in [1.29, 1.82) is 0 Å². The maximum Gasteiger partial charge on any atom is 0.332 e. The molecule has 0 bridgehead atoms. The summed E-state index contributed by atoms with van der Waals surface area (Å²) in [6.45, 7) is 6.26. The van der Waals surface area contributed by atoms with Crippen LogP contribution < -0.4 is 16.1 Å². The number of imidazole rings is 1. The third-order valence-corrected chi connectivity index (χ3v) is 5.81. The number of anilines is 1. The fraction of sp³-hybridized carbons (Fsp3) is 0.737. The molecule has 1 aliphatic carbocycles. The molecule has 2 aromatic heterocycles. The predicted octanol–water partition coefficient (Wildman–Crippen LogP) is 2.10. The molecular weight excluding hydrogens is 330 g/mol. The van der Waals surface area contributed by atoms with Crippen LogP contribution in [0, 0.1) is 5.92 Å². The molecule has 2 aromatic rings. The predicted molar refractivity (Wildman–Crippen MR) is 103 cm³/mol. The zero-order valence-electron chi connectivity index (χ0n) is 16.1. The van der Waals surface area contributed by atoms with Gasteiger partial charge in [-0.3, -0.25) is 13.9 Å². The van der Waals surface area contributed by atoms with Gasteiger partial charge < -0.3 is 9.47 Å². The molecule has 0 saturated heterocycles. The SMILES string of the molecule is CC(C)Cn1c(=O)c2c(nc3n2CCCN3C2CCCCC2)n(C)c1=O. The highest BCUT2D eigenvalue weighted by Crippen LogP contribution is 2.31. The first-order valence-corrected chi connectivity index (χ1v) is 9.95. The molecule has 7 nitrogen and oxygen atoms in total. The minimum atomic E-state index is -0.268. The summed E-state index contributed by atoms with van der Waals surface area (Å²) >= 11 is 0. The molecule has 1 fully saturated rings. The Hall–Kier alpha value is -2.05. The van der Waals surface area contributed by atoms with Gasteiger partial charge in [0, 0.05) is 32.7 Å². The van der Waals surface area contributed by atoms with Crippen molar-refractivity contribution < 1.29 is 0 Å². The Kier molecular flexibility index (Phi) is 4.40. The lowest BCUT2D eigenvalue weighted by molar-refractivity contribution is 0.391. The van der Waals surface area contributed by atoms with E-state index in [-0.39, 0.29) is 17.2 Å². The zero-order chi connectivity index (χ0) is 18.4. The van der Waals surface area contributed by atoms with Gasteiger partial charge in [-0.05, 0) is 25.2 Å². The molecule has 4 rings (SSSR count). The highest BCUT2D eigenvalue weighted by atomic mass is 16.2. The monoisotopic (exact) mass is 359 g/mol. The largest absolute Gasteiger partial charge is 0.339 e. The number of aromatic nitrogens is 4. The first-order valence-electron chi connectivity index (χ1n) is 9.95. The zero-order valence-corrected chi connectivity index (χ0v) is 16.1. The molecule has 0 N–H and O–H groups in total. The Morgan fingerprint density at radius 1 is 1.08 bits per heavy atom. The van der Waals surface area contributed by atoms with E-state index < -0.39 is 0 Å². The van der Waals surface area contributed by atoms with Crippen LogP contribution in [0.5, 0.6) is 0 Å². The van der Waals surface area contributed by atoms with E-state index in [2.05, 4.69) is 9.47 Å². The van der Waals surface area contributed by atoms with Crippen molar-refractivity contribution >= 4 is 17.1 Å². The van der Waals surface area contributed by atoms with Gasteiger partial charge in [0.1, 0.15) is 0 Å². The second-order valence-corrected chi connectivity index (χ2v) is 8.23. The van der Waals surface area contributed by atoms with Crippen LogP contribution in [0.4, 0.5) is 5.95 Å². The van der Waals surface area contributed by atoms with Crippen LogP contribution >= 0.6 is 0 Å². The fourth-order valence-electron chi connectivity index (χ4n) is 4.56. The summed E-state index contributed by atoms with van der Waals surface area (Å²) in [4.78, 5) is 33.0. The number of aryl methyl sites for hydroxylation is 2. The average molecular weight is 359 g/mol. The van der Waals surface area contributed by atoms with Crippen LogP contribution in [0.2, 0.25) is 0 Å². The van der Waals surface area contributed by atoms with Crippen LogP contribution in [0.15, 0.2) is 9.59 Å². The van der Waals surface area contributed by atoms with E-state index in [9.17, 15) is 9.59 Å². The molecule has 3 heterocycles. The van der Waals surface area contributed by atoms with Gasteiger partial charge >= 0.3 is 5.69 Å². The normalized spacial score (nSPS) is 18.7. The minimum absolute atomic E-state index is 0.193. The van der Waals surface area contributed by atoms with Crippen molar-refractivity contribution in [3.63, 3.8) is 0 Å². The number of rotatable bonds is 3. The van der Waals surface area contributed by atoms with Crippen LogP contribution in [0.3, 0.4) is 0 Å². The van der Waals surface area contributed by atoms with Gasteiger partial charge in [0.25, 0.3) is 5.56 Å². The summed E-state index contributed by atoms with van der Waals surface area (Å²) < 4.78 is 4.98. The summed E-state index contributed by atoms with van der Waals surface area (Å²) in [6.07, 6.45) is 7.25. The molecule has 1 saturated carbocycles. The van der Waals surface area contributed by atoms with Gasteiger partial charge in [0.05, 0.1) is 0 Å².